The van der Waals surface area contributed by atoms with Crippen LogP contribution in [0.5, 0.6) is 5.75 Å². The van der Waals surface area contributed by atoms with Crippen LogP contribution in [0.15, 0.2) is 54.6 Å². The van der Waals surface area contributed by atoms with E-state index < -0.39 is 5.54 Å². The zero-order valence-electron chi connectivity index (χ0n) is 19.3. The smallest absolute Gasteiger partial charge is 0.271 e. The third-order valence-electron chi connectivity index (χ3n) is 7.12. The summed E-state index contributed by atoms with van der Waals surface area (Å²) < 4.78 is 7.83. The molecule has 0 unspecified atom stereocenters. The maximum atomic E-state index is 13.9. The molecule has 1 aliphatic heterocycles. The molecule has 0 spiro atoms. The van der Waals surface area contributed by atoms with E-state index in [1.807, 2.05) is 73.0 Å². The van der Waals surface area contributed by atoms with E-state index in [0.717, 1.165) is 47.9 Å². The van der Waals surface area contributed by atoms with Crippen LogP contribution in [0.25, 0.3) is 10.9 Å². The van der Waals surface area contributed by atoms with Crippen molar-refractivity contribution in [3.63, 3.8) is 0 Å². The number of rotatable bonds is 6. The number of hydrogen-bond acceptors (Lipinski definition) is 3. The quantitative estimate of drug-likeness (QED) is 0.607. The molecule has 6 heteroatoms. The van der Waals surface area contributed by atoms with Gasteiger partial charge in [0.1, 0.15) is 17.0 Å². The van der Waals surface area contributed by atoms with Gasteiger partial charge in [-0.05, 0) is 44.9 Å². The summed E-state index contributed by atoms with van der Waals surface area (Å²) in [4.78, 5) is 29.4. The number of aromatic nitrogens is 1. The van der Waals surface area contributed by atoms with Crippen molar-refractivity contribution in [2.24, 2.45) is 0 Å². The van der Waals surface area contributed by atoms with Crippen LogP contribution in [0, 0.1) is 0 Å². The van der Waals surface area contributed by atoms with E-state index in [9.17, 15) is 9.59 Å². The second-order valence-electron chi connectivity index (χ2n) is 9.34. The van der Waals surface area contributed by atoms with Gasteiger partial charge in [-0.1, -0.05) is 49.2 Å². The Bertz CT molecular complexity index is 1190. The highest BCUT2D eigenvalue weighted by atomic mass is 16.5. The summed E-state index contributed by atoms with van der Waals surface area (Å²) in [6.07, 6.45) is 4.28. The van der Waals surface area contributed by atoms with Crippen molar-refractivity contribution in [3.05, 3.63) is 65.9 Å². The van der Waals surface area contributed by atoms with Crippen molar-refractivity contribution in [1.82, 2.24) is 14.8 Å². The fourth-order valence-corrected chi connectivity index (χ4v) is 5.27. The minimum Gasteiger partial charge on any atom is -0.494 e. The Morgan fingerprint density at radius 1 is 1.12 bits per heavy atom. The van der Waals surface area contributed by atoms with Gasteiger partial charge >= 0.3 is 0 Å². The van der Waals surface area contributed by atoms with Gasteiger partial charge < -0.3 is 19.5 Å². The van der Waals surface area contributed by atoms with Crippen LogP contribution in [0.2, 0.25) is 0 Å². The van der Waals surface area contributed by atoms with E-state index in [4.69, 9.17) is 4.74 Å². The molecule has 0 saturated heterocycles. The monoisotopic (exact) mass is 445 g/mol. The van der Waals surface area contributed by atoms with Crippen molar-refractivity contribution in [2.45, 2.75) is 64.2 Å². The number of ether oxygens (including phenoxy) is 1. The molecule has 1 aromatic heterocycles. The molecule has 2 aromatic carbocycles. The van der Waals surface area contributed by atoms with Gasteiger partial charge in [-0.3, -0.25) is 9.59 Å². The summed E-state index contributed by atoms with van der Waals surface area (Å²) in [5, 5.41) is 4.27. The minimum absolute atomic E-state index is 0.0833. The van der Waals surface area contributed by atoms with Gasteiger partial charge in [-0.2, -0.15) is 0 Å². The molecule has 1 atom stereocenters. The molecule has 1 saturated carbocycles. The minimum atomic E-state index is -1.02. The van der Waals surface area contributed by atoms with Crippen LogP contribution < -0.4 is 10.1 Å². The predicted octanol–water partition coefficient (Wildman–Crippen LogP) is 4.51. The first-order chi connectivity index (χ1) is 16.0. The molecule has 2 aliphatic rings. The Labute approximate surface area is 194 Å². The lowest BCUT2D eigenvalue weighted by Gasteiger charge is -2.44. The van der Waals surface area contributed by atoms with Gasteiger partial charge in [-0.15, -0.1) is 0 Å². The average molecular weight is 446 g/mol. The second-order valence-corrected chi connectivity index (χ2v) is 9.34. The van der Waals surface area contributed by atoms with E-state index in [1.165, 1.54) is 0 Å². The maximum Gasteiger partial charge on any atom is 0.271 e. The van der Waals surface area contributed by atoms with Gasteiger partial charge in [0.15, 0.2) is 0 Å². The van der Waals surface area contributed by atoms with Gasteiger partial charge in [0.25, 0.3) is 5.91 Å². The third kappa shape index (κ3) is 3.77. The first-order valence-electron chi connectivity index (χ1n) is 11.9. The Morgan fingerprint density at radius 3 is 2.64 bits per heavy atom. The Balaban J connectivity index is 1.57. The highest BCUT2D eigenvalue weighted by Crippen LogP contribution is 2.35. The molecule has 33 heavy (non-hydrogen) atoms. The molecule has 6 nitrogen and oxygen atoms in total. The SMILES string of the molecule is CCOc1ccccc1CN1C(=O)c2cc3ccccc3n2C[C@@]1(C)C(=O)NC1CCCC1. The first kappa shape index (κ1) is 21.6. The molecule has 0 bridgehead atoms. The molecule has 3 aromatic rings. The maximum absolute atomic E-state index is 13.9. The fraction of sp³-hybridized carbons (Fsp3) is 0.407. The molecule has 0 radical (unpaired) electrons. The second kappa shape index (κ2) is 8.58. The van der Waals surface area contributed by atoms with Crippen LogP contribution in [-0.2, 0) is 17.9 Å². The standard InChI is InChI=1S/C27H31N3O3/c1-3-33-24-15-9-5-11-20(24)17-30-25(31)23-16-19-10-4-8-14-22(19)29(23)18-27(30,2)26(32)28-21-12-6-7-13-21/h4-5,8-11,14-16,21H,3,6-7,12-13,17-18H2,1-2H3,(H,28,32)/t27-/m0/s1. The normalized spacial score (nSPS) is 20.8. The van der Waals surface area contributed by atoms with Crippen LogP contribution in [0.4, 0.5) is 0 Å². The molecule has 1 N–H and O–H groups in total. The van der Waals surface area contributed by atoms with E-state index in [0.29, 0.717) is 25.4 Å². The Morgan fingerprint density at radius 2 is 1.85 bits per heavy atom. The number of nitrogens with one attached hydrogen (secondary N) is 1. The van der Waals surface area contributed by atoms with E-state index in [1.54, 1.807) is 4.90 Å². The number of nitrogens with zero attached hydrogens (tertiary/aromatic N) is 2. The van der Waals surface area contributed by atoms with E-state index >= 15 is 0 Å². The number of fused-ring (bicyclic) bond motifs is 3. The summed E-state index contributed by atoms with van der Waals surface area (Å²) in [7, 11) is 0. The molecular weight excluding hydrogens is 414 g/mol. The van der Waals surface area contributed by atoms with Gasteiger partial charge in [0, 0.05) is 22.5 Å². The number of benzene rings is 2. The zero-order valence-corrected chi connectivity index (χ0v) is 19.3. The number of amides is 2. The molecule has 1 aliphatic carbocycles. The summed E-state index contributed by atoms with van der Waals surface area (Å²) >= 11 is 0. The van der Waals surface area contributed by atoms with Crippen molar-refractivity contribution >= 4 is 22.7 Å². The lowest BCUT2D eigenvalue weighted by atomic mass is 9.93. The van der Waals surface area contributed by atoms with Crippen molar-refractivity contribution in [2.75, 3.05) is 6.61 Å². The largest absolute Gasteiger partial charge is 0.494 e. The Kier molecular flexibility index (Phi) is 5.60. The van der Waals surface area contributed by atoms with Gasteiger partial charge in [0.2, 0.25) is 5.91 Å². The Hall–Kier alpha value is -3.28. The zero-order chi connectivity index (χ0) is 23.0. The first-order valence-corrected chi connectivity index (χ1v) is 11.9. The molecule has 2 amide bonds. The van der Waals surface area contributed by atoms with E-state index in [2.05, 4.69) is 5.32 Å². The lowest BCUT2D eigenvalue weighted by Crippen LogP contribution is -2.64. The van der Waals surface area contributed by atoms with Crippen molar-refractivity contribution < 1.29 is 14.3 Å². The third-order valence-corrected chi connectivity index (χ3v) is 7.12. The molecule has 172 valence electrons. The molecule has 1 fully saturated rings. The topological polar surface area (TPSA) is 63.6 Å². The van der Waals surface area contributed by atoms with Crippen molar-refractivity contribution in [3.8, 4) is 5.75 Å². The van der Waals surface area contributed by atoms with Crippen LogP contribution >= 0.6 is 0 Å². The van der Waals surface area contributed by atoms with Crippen LogP contribution in [0.3, 0.4) is 0 Å². The lowest BCUT2D eigenvalue weighted by molar-refractivity contribution is -0.133. The number of carbonyl (C=O) groups excluding carboxylic acids is 2. The molecule has 2 heterocycles. The predicted molar refractivity (Wildman–Crippen MR) is 128 cm³/mol. The fourth-order valence-electron chi connectivity index (χ4n) is 5.27. The number of para-hydroxylation sites is 2. The summed E-state index contributed by atoms with van der Waals surface area (Å²) in [5.41, 5.74) is 1.48. The highest BCUT2D eigenvalue weighted by Gasteiger charge is 2.48. The number of hydrogen-bond donors (Lipinski definition) is 1. The van der Waals surface area contributed by atoms with Gasteiger partial charge in [0.05, 0.1) is 19.7 Å². The highest BCUT2D eigenvalue weighted by molar-refractivity contribution is 6.03. The average Bonchev–Trinajstić information content (AvgIpc) is 3.46. The summed E-state index contributed by atoms with van der Waals surface area (Å²) in [6, 6.07) is 17.9. The van der Waals surface area contributed by atoms with Gasteiger partial charge in [-0.25, -0.2) is 0 Å². The molecular formula is C27H31N3O3. The van der Waals surface area contributed by atoms with E-state index in [-0.39, 0.29) is 17.9 Å². The summed E-state index contributed by atoms with van der Waals surface area (Å²) in [6.45, 7) is 5.11. The molecule has 5 rings (SSSR count). The summed E-state index contributed by atoms with van der Waals surface area (Å²) in [5.74, 6) is 0.533. The number of carbonyl (C=O) groups is 2. The van der Waals surface area contributed by atoms with Crippen LogP contribution in [-0.4, -0.2) is 39.5 Å². The van der Waals surface area contributed by atoms with Crippen LogP contribution in [0.1, 0.15) is 55.6 Å². The van der Waals surface area contributed by atoms with Crippen molar-refractivity contribution in [1.29, 1.82) is 0 Å².